The van der Waals surface area contributed by atoms with Crippen LogP contribution in [0.5, 0.6) is 0 Å². The van der Waals surface area contributed by atoms with Gasteiger partial charge in [0.1, 0.15) is 0 Å². The first-order valence-electron chi connectivity index (χ1n) is 4.29. The molecule has 0 aliphatic carbocycles. The lowest BCUT2D eigenvalue weighted by molar-refractivity contribution is 0.311. The van der Waals surface area contributed by atoms with Crippen LogP contribution in [0, 0.1) is 13.8 Å². The zero-order valence-electron chi connectivity index (χ0n) is 8.57. The second kappa shape index (κ2) is 4.11. The van der Waals surface area contributed by atoms with E-state index in [4.69, 9.17) is 4.18 Å². The maximum absolute atomic E-state index is 10.8. The minimum Gasteiger partial charge on any atom is -0.265 e. The van der Waals surface area contributed by atoms with E-state index in [2.05, 4.69) is 0 Å². The van der Waals surface area contributed by atoms with E-state index in [1.165, 1.54) is 0 Å². The van der Waals surface area contributed by atoms with Crippen LogP contribution in [0.4, 0.5) is 0 Å². The number of aryl methyl sites for hydroxylation is 1. The second-order valence-electron chi connectivity index (χ2n) is 3.33. The van der Waals surface area contributed by atoms with Crippen LogP contribution in [-0.4, -0.2) is 14.7 Å². The Bertz CT molecular complexity index is 421. The van der Waals surface area contributed by atoms with E-state index in [9.17, 15) is 8.42 Å². The molecule has 0 aliphatic rings. The molecule has 0 amide bonds. The number of benzene rings is 1. The molecule has 14 heavy (non-hydrogen) atoms. The van der Waals surface area contributed by atoms with Gasteiger partial charge in [-0.15, -0.1) is 0 Å². The fraction of sp³-hybridized carbons (Fsp3) is 0.400. The first-order valence-corrected chi connectivity index (χ1v) is 6.11. The summed E-state index contributed by atoms with van der Waals surface area (Å²) in [5, 5.41) is 0. The first kappa shape index (κ1) is 11.2. The van der Waals surface area contributed by atoms with E-state index in [1.807, 2.05) is 32.0 Å². The van der Waals surface area contributed by atoms with Crippen LogP contribution in [0.25, 0.3) is 0 Å². The second-order valence-corrected chi connectivity index (χ2v) is 4.97. The lowest BCUT2D eigenvalue weighted by Gasteiger charge is -2.07. The Morgan fingerprint density at radius 1 is 1.29 bits per heavy atom. The van der Waals surface area contributed by atoms with E-state index in [-0.39, 0.29) is 6.61 Å². The van der Waals surface area contributed by atoms with Gasteiger partial charge in [0.2, 0.25) is 0 Å². The summed E-state index contributed by atoms with van der Waals surface area (Å²) in [7, 11) is -3.35. The Hall–Kier alpha value is -0.870. The summed E-state index contributed by atoms with van der Waals surface area (Å²) in [6, 6.07) is 5.75. The summed E-state index contributed by atoms with van der Waals surface area (Å²) in [6.45, 7) is 4.06. The van der Waals surface area contributed by atoms with Gasteiger partial charge >= 0.3 is 0 Å². The third-order valence-corrected chi connectivity index (χ3v) is 2.69. The molecule has 0 aliphatic heterocycles. The lowest BCUT2D eigenvalue weighted by Crippen LogP contribution is -2.04. The Morgan fingerprint density at radius 3 is 2.50 bits per heavy atom. The standard InChI is InChI=1S/C10H14O3S/c1-8-5-4-6-10(9(8)2)7-13-14(3,11)12/h4-6H,7H2,1-3H3. The molecule has 78 valence electrons. The molecule has 1 rings (SSSR count). The highest BCUT2D eigenvalue weighted by Crippen LogP contribution is 2.14. The highest BCUT2D eigenvalue weighted by atomic mass is 32.2. The average molecular weight is 214 g/mol. The predicted molar refractivity (Wildman–Crippen MR) is 55.5 cm³/mol. The summed E-state index contributed by atoms with van der Waals surface area (Å²) >= 11 is 0. The molecule has 0 saturated heterocycles. The first-order chi connectivity index (χ1) is 6.40. The zero-order valence-corrected chi connectivity index (χ0v) is 9.39. The summed E-state index contributed by atoms with van der Waals surface area (Å²) in [4.78, 5) is 0. The SMILES string of the molecule is Cc1cccc(COS(C)(=O)=O)c1C. The van der Waals surface area contributed by atoms with Crippen molar-refractivity contribution >= 4 is 10.1 Å². The van der Waals surface area contributed by atoms with Crippen LogP contribution in [0.2, 0.25) is 0 Å². The molecule has 0 bridgehead atoms. The summed E-state index contributed by atoms with van der Waals surface area (Å²) < 4.78 is 26.3. The average Bonchev–Trinajstić information content (AvgIpc) is 2.06. The van der Waals surface area contributed by atoms with Gasteiger partial charge in [0.05, 0.1) is 12.9 Å². The molecule has 0 fully saturated rings. The van der Waals surface area contributed by atoms with E-state index in [0.29, 0.717) is 0 Å². The van der Waals surface area contributed by atoms with Crippen molar-refractivity contribution in [3.63, 3.8) is 0 Å². The van der Waals surface area contributed by atoms with Crippen molar-refractivity contribution in [2.45, 2.75) is 20.5 Å². The molecule has 4 heteroatoms. The van der Waals surface area contributed by atoms with Crippen LogP contribution < -0.4 is 0 Å². The predicted octanol–water partition coefficient (Wildman–Crippen LogP) is 1.78. The fourth-order valence-corrected chi connectivity index (χ4v) is 1.48. The highest BCUT2D eigenvalue weighted by molar-refractivity contribution is 7.85. The molecule has 0 heterocycles. The molecule has 0 N–H and O–H groups in total. The van der Waals surface area contributed by atoms with E-state index in [0.717, 1.165) is 22.9 Å². The zero-order chi connectivity index (χ0) is 10.8. The van der Waals surface area contributed by atoms with E-state index < -0.39 is 10.1 Å². The number of hydrogen-bond donors (Lipinski definition) is 0. The minimum atomic E-state index is -3.35. The maximum atomic E-state index is 10.8. The summed E-state index contributed by atoms with van der Waals surface area (Å²) in [6.07, 6.45) is 1.05. The van der Waals surface area contributed by atoms with Crippen molar-refractivity contribution in [1.29, 1.82) is 0 Å². The van der Waals surface area contributed by atoms with Gasteiger partial charge in [-0.2, -0.15) is 8.42 Å². The van der Waals surface area contributed by atoms with E-state index >= 15 is 0 Å². The molecule has 3 nitrogen and oxygen atoms in total. The van der Waals surface area contributed by atoms with Crippen molar-refractivity contribution < 1.29 is 12.6 Å². The molecule has 1 aromatic rings. The normalized spacial score (nSPS) is 11.6. The Kier molecular flexibility index (Phi) is 3.29. The molecule has 0 saturated carbocycles. The fourth-order valence-electron chi connectivity index (χ4n) is 1.14. The molecule has 0 unspecified atom stereocenters. The van der Waals surface area contributed by atoms with Crippen LogP contribution in [-0.2, 0) is 20.9 Å². The van der Waals surface area contributed by atoms with Gasteiger partial charge < -0.3 is 0 Å². The van der Waals surface area contributed by atoms with Gasteiger partial charge in [0, 0.05) is 0 Å². The van der Waals surface area contributed by atoms with Crippen LogP contribution in [0.15, 0.2) is 18.2 Å². The van der Waals surface area contributed by atoms with Gasteiger partial charge in [-0.05, 0) is 30.5 Å². The molecule has 0 spiro atoms. The Balaban J connectivity index is 2.83. The van der Waals surface area contributed by atoms with Gasteiger partial charge in [-0.25, -0.2) is 0 Å². The molecule has 0 aromatic heterocycles. The van der Waals surface area contributed by atoms with Crippen LogP contribution in [0.3, 0.4) is 0 Å². The Labute approximate surface area is 84.8 Å². The van der Waals surface area contributed by atoms with Gasteiger partial charge in [0.25, 0.3) is 10.1 Å². The van der Waals surface area contributed by atoms with Crippen molar-refractivity contribution in [3.05, 3.63) is 34.9 Å². The smallest absolute Gasteiger partial charge is 0.264 e. The van der Waals surface area contributed by atoms with Crippen molar-refractivity contribution in [3.8, 4) is 0 Å². The van der Waals surface area contributed by atoms with Crippen molar-refractivity contribution in [2.75, 3.05) is 6.26 Å². The Morgan fingerprint density at radius 2 is 1.93 bits per heavy atom. The largest absolute Gasteiger partial charge is 0.265 e. The van der Waals surface area contributed by atoms with Gasteiger partial charge in [-0.1, -0.05) is 18.2 Å². The quantitative estimate of drug-likeness (QED) is 0.720. The topological polar surface area (TPSA) is 43.4 Å². The van der Waals surface area contributed by atoms with Crippen LogP contribution in [0.1, 0.15) is 16.7 Å². The molecule has 1 aromatic carbocycles. The number of rotatable bonds is 3. The van der Waals surface area contributed by atoms with Gasteiger partial charge in [0.15, 0.2) is 0 Å². The summed E-state index contributed by atoms with van der Waals surface area (Å²) in [5.74, 6) is 0. The van der Waals surface area contributed by atoms with E-state index in [1.54, 1.807) is 0 Å². The van der Waals surface area contributed by atoms with Crippen LogP contribution >= 0.6 is 0 Å². The molecule has 0 radical (unpaired) electrons. The van der Waals surface area contributed by atoms with Crippen molar-refractivity contribution in [2.24, 2.45) is 0 Å². The molecular weight excluding hydrogens is 200 g/mol. The molecular formula is C10H14O3S. The third kappa shape index (κ3) is 3.12. The van der Waals surface area contributed by atoms with Gasteiger partial charge in [-0.3, -0.25) is 4.18 Å². The highest BCUT2D eigenvalue weighted by Gasteiger charge is 2.05. The molecule has 0 atom stereocenters. The third-order valence-electron chi connectivity index (χ3n) is 2.15. The lowest BCUT2D eigenvalue weighted by atomic mass is 10.0. The maximum Gasteiger partial charge on any atom is 0.264 e. The minimum absolute atomic E-state index is 0.117. The van der Waals surface area contributed by atoms with Crippen molar-refractivity contribution in [1.82, 2.24) is 0 Å². The summed E-state index contributed by atoms with van der Waals surface area (Å²) in [5.41, 5.74) is 3.13. The number of hydrogen-bond acceptors (Lipinski definition) is 3. The monoisotopic (exact) mass is 214 g/mol.